The van der Waals surface area contributed by atoms with Crippen LogP contribution in [0.15, 0.2) is 12.2 Å². The summed E-state index contributed by atoms with van der Waals surface area (Å²) in [6.07, 6.45) is 65.5. The Labute approximate surface area is 406 Å². The van der Waals surface area contributed by atoms with E-state index in [0.29, 0.717) is 19.4 Å². The lowest BCUT2D eigenvalue weighted by molar-refractivity contribution is -0.143. The van der Waals surface area contributed by atoms with Crippen molar-refractivity contribution in [3.05, 3.63) is 12.2 Å². The Balaban J connectivity index is 3.31. The van der Waals surface area contributed by atoms with E-state index in [1.54, 1.807) is 6.08 Å². The number of carbonyl (C=O) groups is 2. The molecule has 1 amide bonds. The number of rotatable bonds is 55. The van der Waals surface area contributed by atoms with Crippen molar-refractivity contribution in [2.45, 2.75) is 341 Å². The fourth-order valence-corrected chi connectivity index (χ4v) is 9.28. The Morgan fingerprint density at radius 2 is 0.708 bits per heavy atom. The lowest BCUT2D eigenvalue weighted by Gasteiger charge is -2.20. The van der Waals surface area contributed by atoms with Gasteiger partial charge in [-0.3, -0.25) is 9.59 Å². The van der Waals surface area contributed by atoms with Crippen LogP contribution in [0.4, 0.5) is 0 Å². The molecule has 0 aliphatic heterocycles. The number of hydrogen-bond acceptors (Lipinski definition) is 5. The highest BCUT2D eigenvalue weighted by Crippen LogP contribution is 2.18. The van der Waals surface area contributed by atoms with Gasteiger partial charge in [0.2, 0.25) is 5.91 Å². The van der Waals surface area contributed by atoms with Gasteiger partial charge in [0.05, 0.1) is 25.4 Å². The van der Waals surface area contributed by atoms with Crippen LogP contribution in [0.5, 0.6) is 0 Å². The molecule has 0 saturated carbocycles. The van der Waals surface area contributed by atoms with Gasteiger partial charge in [0.15, 0.2) is 0 Å². The highest BCUT2D eigenvalue weighted by atomic mass is 16.5. The Kier molecular flexibility index (Phi) is 54.0. The van der Waals surface area contributed by atoms with Crippen molar-refractivity contribution in [1.29, 1.82) is 0 Å². The van der Waals surface area contributed by atoms with E-state index in [9.17, 15) is 19.8 Å². The van der Waals surface area contributed by atoms with Crippen molar-refractivity contribution in [1.82, 2.24) is 5.32 Å². The van der Waals surface area contributed by atoms with Crippen LogP contribution in [0.2, 0.25) is 0 Å². The summed E-state index contributed by atoms with van der Waals surface area (Å²) in [5.74, 6) is -0.0481. The molecule has 0 aromatic carbocycles. The molecule has 0 rings (SSSR count). The van der Waals surface area contributed by atoms with E-state index >= 15 is 0 Å². The Bertz CT molecular complexity index is 970. The molecule has 2 unspecified atom stereocenters. The van der Waals surface area contributed by atoms with E-state index in [0.717, 1.165) is 38.5 Å². The molecule has 65 heavy (non-hydrogen) atoms. The van der Waals surface area contributed by atoms with Gasteiger partial charge in [-0.15, -0.1) is 0 Å². The molecule has 0 heterocycles. The lowest BCUT2D eigenvalue weighted by atomic mass is 10.0. The van der Waals surface area contributed by atoms with Crippen LogP contribution in [0.25, 0.3) is 0 Å². The van der Waals surface area contributed by atoms with Crippen molar-refractivity contribution < 1.29 is 24.5 Å². The van der Waals surface area contributed by atoms with Gasteiger partial charge in [-0.05, 0) is 32.1 Å². The fraction of sp³-hybridized carbons (Fsp3) is 0.932. The number of nitrogens with one attached hydrogen (secondary N) is 1. The van der Waals surface area contributed by atoms with E-state index in [-0.39, 0.29) is 18.5 Å². The van der Waals surface area contributed by atoms with Crippen LogP contribution >= 0.6 is 0 Å². The molecule has 0 aromatic rings. The molecule has 386 valence electrons. The summed E-state index contributed by atoms with van der Waals surface area (Å²) in [7, 11) is 0. The van der Waals surface area contributed by atoms with Crippen LogP contribution in [0.3, 0.4) is 0 Å². The molecule has 0 radical (unpaired) electrons. The van der Waals surface area contributed by atoms with Gasteiger partial charge in [-0.2, -0.15) is 0 Å². The molecule has 0 bridgehead atoms. The molecule has 0 aliphatic carbocycles. The van der Waals surface area contributed by atoms with Gasteiger partial charge in [-0.25, -0.2) is 0 Å². The normalized spacial score (nSPS) is 12.6. The van der Waals surface area contributed by atoms with Crippen molar-refractivity contribution in [3.63, 3.8) is 0 Å². The van der Waals surface area contributed by atoms with Crippen LogP contribution < -0.4 is 5.32 Å². The summed E-state index contributed by atoms with van der Waals surface area (Å²) < 4.78 is 5.47. The van der Waals surface area contributed by atoms with E-state index in [1.165, 1.54) is 263 Å². The second kappa shape index (κ2) is 55.2. The highest BCUT2D eigenvalue weighted by Gasteiger charge is 2.18. The standard InChI is InChI=1S/C59H115NO5/c1-3-5-7-9-11-13-32-37-41-45-49-53-59(64)65-54-50-46-42-38-34-31-29-27-25-23-21-19-17-15-14-16-18-20-22-24-26-28-30-33-36-40-44-48-52-58(63)60-56(55-61)57(62)51-47-43-39-35-12-10-8-6-4-2/h47,51,56-57,61-62H,3-46,48-50,52-55H2,1-2H3,(H,60,63)/b51-47+. The van der Waals surface area contributed by atoms with Gasteiger partial charge in [0.1, 0.15) is 0 Å². The molecule has 3 N–H and O–H groups in total. The first-order valence-corrected chi connectivity index (χ1v) is 29.5. The summed E-state index contributed by atoms with van der Waals surface area (Å²) in [5.41, 5.74) is 0. The van der Waals surface area contributed by atoms with Gasteiger partial charge >= 0.3 is 5.97 Å². The van der Waals surface area contributed by atoms with Crippen molar-refractivity contribution in [3.8, 4) is 0 Å². The van der Waals surface area contributed by atoms with Crippen LogP contribution in [0.1, 0.15) is 328 Å². The monoisotopic (exact) mass is 918 g/mol. The summed E-state index contributed by atoms with van der Waals surface area (Å²) in [5, 5.41) is 22.9. The minimum Gasteiger partial charge on any atom is -0.466 e. The molecule has 6 nitrogen and oxygen atoms in total. The number of allylic oxidation sites excluding steroid dienone is 1. The Hall–Kier alpha value is -1.40. The average molecular weight is 919 g/mol. The average Bonchev–Trinajstić information content (AvgIpc) is 3.31. The van der Waals surface area contributed by atoms with Crippen molar-refractivity contribution >= 4 is 11.9 Å². The van der Waals surface area contributed by atoms with Crippen LogP contribution in [-0.4, -0.2) is 47.4 Å². The minimum absolute atomic E-state index is 0.0183. The number of aliphatic hydroxyl groups excluding tert-OH is 2. The maximum absolute atomic E-state index is 12.4. The summed E-state index contributed by atoms with van der Waals surface area (Å²) >= 11 is 0. The molecule has 0 spiro atoms. The predicted molar refractivity (Wildman–Crippen MR) is 283 cm³/mol. The number of carbonyl (C=O) groups excluding carboxylic acids is 2. The summed E-state index contributed by atoms with van der Waals surface area (Å²) in [6, 6.07) is -0.622. The first-order chi connectivity index (χ1) is 32.0. The number of ether oxygens (including phenoxy) is 1. The number of aliphatic hydroxyl groups is 2. The predicted octanol–water partition coefficient (Wildman–Crippen LogP) is 18.1. The summed E-state index contributed by atoms with van der Waals surface area (Å²) in [4.78, 5) is 24.4. The number of hydrogen-bond donors (Lipinski definition) is 3. The number of unbranched alkanes of at least 4 members (excludes halogenated alkanes) is 44. The van der Waals surface area contributed by atoms with Crippen molar-refractivity contribution in [2.24, 2.45) is 0 Å². The Morgan fingerprint density at radius 3 is 1.05 bits per heavy atom. The van der Waals surface area contributed by atoms with Crippen LogP contribution in [0, 0.1) is 0 Å². The maximum atomic E-state index is 12.4. The molecule has 0 aliphatic rings. The fourth-order valence-electron chi connectivity index (χ4n) is 9.28. The smallest absolute Gasteiger partial charge is 0.305 e. The van der Waals surface area contributed by atoms with E-state index in [4.69, 9.17) is 4.74 Å². The van der Waals surface area contributed by atoms with E-state index < -0.39 is 12.1 Å². The van der Waals surface area contributed by atoms with E-state index in [2.05, 4.69) is 19.2 Å². The Morgan fingerprint density at radius 1 is 0.415 bits per heavy atom. The first-order valence-electron chi connectivity index (χ1n) is 29.5. The van der Waals surface area contributed by atoms with Gasteiger partial charge in [0, 0.05) is 12.8 Å². The zero-order chi connectivity index (χ0) is 47.2. The molecular weight excluding hydrogens is 803 g/mol. The molecule has 0 fully saturated rings. The highest BCUT2D eigenvalue weighted by molar-refractivity contribution is 5.76. The molecular formula is C59H115NO5. The van der Waals surface area contributed by atoms with E-state index in [1.807, 2.05) is 6.08 Å². The zero-order valence-corrected chi connectivity index (χ0v) is 44.0. The first kappa shape index (κ1) is 63.6. The minimum atomic E-state index is -0.838. The third kappa shape index (κ3) is 51.8. The van der Waals surface area contributed by atoms with Crippen LogP contribution in [-0.2, 0) is 14.3 Å². The van der Waals surface area contributed by atoms with Crippen molar-refractivity contribution in [2.75, 3.05) is 13.2 Å². The van der Waals surface area contributed by atoms with Gasteiger partial charge in [0.25, 0.3) is 0 Å². The second-order valence-corrected chi connectivity index (χ2v) is 20.3. The molecule has 0 aromatic heterocycles. The third-order valence-electron chi connectivity index (χ3n) is 13.8. The topological polar surface area (TPSA) is 95.9 Å². The van der Waals surface area contributed by atoms with Gasteiger partial charge in [-0.1, -0.05) is 296 Å². The maximum Gasteiger partial charge on any atom is 0.305 e. The van der Waals surface area contributed by atoms with Gasteiger partial charge < -0.3 is 20.3 Å². The molecule has 0 saturated heterocycles. The zero-order valence-electron chi connectivity index (χ0n) is 44.0. The second-order valence-electron chi connectivity index (χ2n) is 20.3. The number of esters is 1. The SMILES string of the molecule is CCCCCCCCC/C=C/C(O)C(CO)NC(=O)CCCCCCCCCCCCCCCCCCCCCCCCCCCCCCOC(=O)CCCCCCCCCCCCC. The largest absolute Gasteiger partial charge is 0.466 e. The molecule has 6 heteroatoms. The lowest BCUT2D eigenvalue weighted by Crippen LogP contribution is -2.45. The number of amides is 1. The summed E-state index contributed by atoms with van der Waals surface area (Å²) in [6.45, 7) is 4.89. The molecule has 2 atom stereocenters. The third-order valence-corrected chi connectivity index (χ3v) is 13.8. The quantitative estimate of drug-likeness (QED) is 0.0321.